The molecular formula is C12H6BrF2N3. The van der Waals surface area contributed by atoms with Crippen molar-refractivity contribution in [3.05, 3.63) is 46.8 Å². The largest absolute Gasteiger partial charge is 0.345 e. The number of halogens is 3. The SMILES string of the molecule is Fc1ccc(-c2ncnc3[nH]cc(Br)c23)cc1F. The van der Waals surface area contributed by atoms with Crippen LogP contribution in [0.25, 0.3) is 22.3 Å². The van der Waals surface area contributed by atoms with Crippen LogP contribution in [0.3, 0.4) is 0 Å². The highest BCUT2D eigenvalue weighted by atomic mass is 79.9. The van der Waals surface area contributed by atoms with Crippen molar-refractivity contribution in [3.8, 4) is 11.3 Å². The number of nitrogens with one attached hydrogen (secondary N) is 1. The van der Waals surface area contributed by atoms with Gasteiger partial charge in [0.05, 0.1) is 11.1 Å². The van der Waals surface area contributed by atoms with Gasteiger partial charge < -0.3 is 4.98 Å². The minimum absolute atomic E-state index is 0.501. The fourth-order valence-corrected chi connectivity index (χ4v) is 2.28. The molecule has 18 heavy (non-hydrogen) atoms. The van der Waals surface area contributed by atoms with Gasteiger partial charge >= 0.3 is 0 Å². The topological polar surface area (TPSA) is 41.6 Å². The molecule has 0 aliphatic carbocycles. The predicted molar refractivity (Wildman–Crippen MR) is 66.9 cm³/mol. The highest BCUT2D eigenvalue weighted by molar-refractivity contribution is 9.10. The standard InChI is InChI=1S/C12H6BrF2N3/c13-7-4-16-12-10(7)11(17-5-18-12)6-1-2-8(14)9(15)3-6/h1-5H,(H,16,17,18). The molecule has 1 N–H and O–H groups in total. The van der Waals surface area contributed by atoms with Crippen molar-refractivity contribution < 1.29 is 8.78 Å². The molecule has 2 aromatic heterocycles. The second-order valence-corrected chi connectivity index (χ2v) is 4.57. The zero-order valence-corrected chi connectivity index (χ0v) is 10.5. The van der Waals surface area contributed by atoms with Crippen LogP contribution in [0, 0.1) is 11.6 Å². The first-order valence-corrected chi connectivity index (χ1v) is 5.89. The maximum absolute atomic E-state index is 13.3. The maximum atomic E-state index is 13.3. The van der Waals surface area contributed by atoms with Gasteiger partial charge in [-0.1, -0.05) is 0 Å². The number of hydrogen-bond acceptors (Lipinski definition) is 2. The summed E-state index contributed by atoms with van der Waals surface area (Å²) in [6, 6.07) is 3.69. The van der Waals surface area contributed by atoms with Crippen LogP contribution in [0.2, 0.25) is 0 Å². The van der Waals surface area contributed by atoms with E-state index in [4.69, 9.17) is 0 Å². The lowest BCUT2D eigenvalue weighted by atomic mass is 10.1. The van der Waals surface area contributed by atoms with Gasteiger partial charge in [0, 0.05) is 16.2 Å². The Hall–Kier alpha value is -1.82. The number of fused-ring (bicyclic) bond motifs is 1. The Kier molecular flexibility index (Phi) is 2.59. The van der Waals surface area contributed by atoms with Crippen molar-refractivity contribution in [1.82, 2.24) is 15.0 Å². The molecule has 0 bridgehead atoms. The summed E-state index contributed by atoms with van der Waals surface area (Å²) in [7, 11) is 0. The summed E-state index contributed by atoms with van der Waals surface area (Å²) in [5.41, 5.74) is 1.69. The molecule has 3 nitrogen and oxygen atoms in total. The average Bonchev–Trinajstić information content (AvgIpc) is 2.75. The molecule has 0 spiro atoms. The van der Waals surface area contributed by atoms with Crippen molar-refractivity contribution in [2.24, 2.45) is 0 Å². The lowest BCUT2D eigenvalue weighted by Gasteiger charge is -2.03. The van der Waals surface area contributed by atoms with Crippen LogP contribution in [0.15, 0.2) is 35.2 Å². The monoisotopic (exact) mass is 309 g/mol. The van der Waals surface area contributed by atoms with E-state index in [0.29, 0.717) is 16.9 Å². The predicted octanol–water partition coefficient (Wildman–Crippen LogP) is 3.67. The third-order valence-electron chi connectivity index (χ3n) is 2.61. The van der Waals surface area contributed by atoms with E-state index in [2.05, 4.69) is 30.9 Å². The van der Waals surface area contributed by atoms with Gasteiger partial charge in [0.2, 0.25) is 0 Å². The number of hydrogen-bond donors (Lipinski definition) is 1. The molecule has 3 rings (SSSR count). The summed E-state index contributed by atoms with van der Waals surface area (Å²) >= 11 is 3.37. The number of aromatic amines is 1. The number of benzene rings is 1. The van der Waals surface area contributed by atoms with Crippen molar-refractivity contribution in [2.75, 3.05) is 0 Å². The third-order valence-corrected chi connectivity index (χ3v) is 3.24. The first kappa shape index (κ1) is 11.3. The summed E-state index contributed by atoms with van der Waals surface area (Å²) in [6.45, 7) is 0. The quantitative estimate of drug-likeness (QED) is 0.745. The van der Waals surface area contributed by atoms with Gasteiger partial charge in [-0.15, -0.1) is 0 Å². The maximum Gasteiger partial charge on any atom is 0.159 e. The minimum Gasteiger partial charge on any atom is -0.345 e. The molecule has 0 aliphatic rings. The smallest absolute Gasteiger partial charge is 0.159 e. The highest BCUT2D eigenvalue weighted by Gasteiger charge is 2.12. The molecule has 3 aromatic rings. The Bertz CT molecular complexity index is 739. The van der Waals surface area contributed by atoms with Crippen molar-refractivity contribution >= 4 is 27.0 Å². The van der Waals surface area contributed by atoms with Gasteiger partial charge in [-0.25, -0.2) is 18.7 Å². The summed E-state index contributed by atoms with van der Waals surface area (Å²) in [6.07, 6.45) is 3.10. The first-order chi connectivity index (χ1) is 8.66. The van der Waals surface area contributed by atoms with Crippen molar-refractivity contribution in [3.63, 3.8) is 0 Å². The van der Waals surface area contributed by atoms with Gasteiger partial charge in [-0.2, -0.15) is 0 Å². The van der Waals surface area contributed by atoms with Crippen LogP contribution < -0.4 is 0 Å². The molecule has 0 amide bonds. The summed E-state index contributed by atoms with van der Waals surface area (Å²) in [4.78, 5) is 11.2. The van der Waals surface area contributed by atoms with E-state index in [-0.39, 0.29) is 0 Å². The summed E-state index contributed by atoms with van der Waals surface area (Å²) in [5, 5.41) is 0.739. The Morgan fingerprint density at radius 1 is 1.11 bits per heavy atom. The Balaban J connectivity index is 2.30. The second kappa shape index (κ2) is 4.13. The van der Waals surface area contributed by atoms with E-state index in [1.807, 2.05) is 0 Å². The molecule has 0 atom stereocenters. The van der Waals surface area contributed by atoms with Crippen LogP contribution in [-0.2, 0) is 0 Å². The molecule has 0 saturated carbocycles. The molecular weight excluding hydrogens is 304 g/mol. The van der Waals surface area contributed by atoms with Crippen LogP contribution in [-0.4, -0.2) is 15.0 Å². The molecule has 0 aliphatic heterocycles. The van der Waals surface area contributed by atoms with Crippen molar-refractivity contribution in [1.29, 1.82) is 0 Å². The van der Waals surface area contributed by atoms with Gasteiger partial charge in [0.1, 0.15) is 12.0 Å². The van der Waals surface area contributed by atoms with Crippen LogP contribution in [0.5, 0.6) is 0 Å². The van der Waals surface area contributed by atoms with E-state index in [1.54, 1.807) is 6.20 Å². The van der Waals surface area contributed by atoms with Crippen LogP contribution in [0.1, 0.15) is 0 Å². The molecule has 0 fully saturated rings. The normalized spacial score (nSPS) is 11.1. The third kappa shape index (κ3) is 1.69. The van der Waals surface area contributed by atoms with E-state index < -0.39 is 11.6 Å². The minimum atomic E-state index is -0.897. The highest BCUT2D eigenvalue weighted by Crippen LogP contribution is 2.31. The number of aromatic nitrogens is 3. The Morgan fingerprint density at radius 3 is 2.72 bits per heavy atom. The molecule has 0 saturated heterocycles. The van der Waals surface area contributed by atoms with E-state index in [0.717, 1.165) is 22.0 Å². The molecule has 1 aromatic carbocycles. The summed E-state index contributed by atoms with van der Waals surface area (Å²) in [5.74, 6) is -1.77. The van der Waals surface area contributed by atoms with E-state index >= 15 is 0 Å². The van der Waals surface area contributed by atoms with Gasteiger partial charge in [0.15, 0.2) is 11.6 Å². The zero-order valence-electron chi connectivity index (χ0n) is 8.92. The lowest BCUT2D eigenvalue weighted by molar-refractivity contribution is 0.509. The molecule has 0 unspecified atom stereocenters. The van der Waals surface area contributed by atoms with E-state index in [1.165, 1.54) is 12.4 Å². The van der Waals surface area contributed by atoms with E-state index in [9.17, 15) is 8.78 Å². The molecule has 2 heterocycles. The summed E-state index contributed by atoms with van der Waals surface area (Å²) < 4.78 is 27.0. The number of rotatable bonds is 1. The first-order valence-electron chi connectivity index (χ1n) is 5.10. The van der Waals surface area contributed by atoms with Crippen LogP contribution >= 0.6 is 15.9 Å². The van der Waals surface area contributed by atoms with Gasteiger partial charge in [-0.3, -0.25) is 0 Å². The fraction of sp³-hybridized carbons (Fsp3) is 0. The average molecular weight is 310 g/mol. The van der Waals surface area contributed by atoms with Gasteiger partial charge in [-0.05, 0) is 34.1 Å². The zero-order chi connectivity index (χ0) is 12.7. The Morgan fingerprint density at radius 2 is 1.94 bits per heavy atom. The number of H-pyrrole nitrogens is 1. The van der Waals surface area contributed by atoms with Crippen LogP contribution in [0.4, 0.5) is 8.78 Å². The molecule has 90 valence electrons. The second-order valence-electron chi connectivity index (χ2n) is 3.71. The fourth-order valence-electron chi connectivity index (χ4n) is 1.79. The van der Waals surface area contributed by atoms with Gasteiger partial charge in [0.25, 0.3) is 0 Å². The molecule has 6 heteroatoms. The lowest BCUT2D eigenvalue weighted by Crippen LogP contribution is -1.90. The molecule has 0 radical (unpaired) electrons. The van der Waals surface area contributed by atoms with Crippen molar-refractivity contribution in [2.45, 2.75) is 0 Å². The number of nitrogens with zero attached hydrogens (tertiary/aromatic N) is 2. The Labute approximate surface area is 109 Å².